The Kier molecular flexibility index (Phi) is 3.74. The Morgan fingerprint density at radius 2 is 1.68 bits per heavy atom. The van der Waals surface area contributed by atoms with Crippen molar-refractivity contribution < 1.29 is 4.74 Å². The predicted octanol–water partition coefficient (Wildman–Crippen LogP) is 7.54. The number of aromatic nitrogens is 1. The van der Waals surface area contributed by atoms with Gasteiger partial charge in [0, 0.05) is 17.3 Å². The number of benzene rings is 3. The summed E-state index contributed by atoms with van der Waals surface area (Å²) in [5.41, 5.74) is 5.92. The molecule has 0 spiro atoms. The number of nitrogens with zero attached hydrogens (tertiary/aromatic N) is 1. The highest BCUT2D eigenvalue weighted by Crippen LogP contribution is 2.50. The SMILES string of the molecule is Cc1cccc2cc3c(c(C)c12)Oc1cc(C(C)C(C)C)cc2ccnc-3c12. The zero-order valence-electron chi connectivity index (χ0n) is 17.1. The lowest BCUT2D eigenvalue weighted by molar-refractivity contribution is 0.479. The van der Waals surface area contributed by atoms with Crippen molar-refractivity contribution in [2.75, 3.05) is 0 Å². The van der Waals surface area contributed by atoms with Gasteiger partial charge in [-0.1, -0.05) is 45.0 Å². The van der Waals surface area contributed by atoms with Crippen molar-refractivity contribution in [2.24, 2.45) is 5.92 Å². The third-order valence-electron chi connectivity index (χ3n) is 6.41. The van der Waals surface area contributed by atoms with Crippen LogP contribution in [0.25, 0.3) is 32.8 Å². The largest absolute Gasteiger partial charge is 0.456 e. The Balaban J connectivity index is 1.84. The van der Waals surface area contributed by atoms with Crippen LogP contribution in [-0.2, 0) is 0 Å². The molecule has 2 heterocycles. The monoisotopic (exact) mass is 367 g/mol. The summed E-state index contributed by atoms with van der Waals surface area (Å²) < 4.78 is 6.57. The zero-order valence-corrected chi connectivity index (χ0v) is 17.1. The van der Waals surface area contributed by atoms with Gasteiger partial charge in [0.15, 0.2) is 0 Å². The summed E-state index contributed by atoms with van der Waals surface area (Å²) in [6.07, 6.45) is 1.93. The van der Waals surface area contributed by atoms with Crippen LogP contribution in [0.4, 0.5) is 0 Å². The lowest BCUT2D eigenvalue weighted by Crippen LogP contribution is -2.06. The second-order valence-electron chi connectivity index (χ2n) is 8.46. The van der Waals surface area contributed by atoms with Crippen LogP contribution in [-0.4, -0.2) is 4.98 Å². The smallest absolute Gasteiger partial charge is 0.140 e. The molecule has 2 nitrogen and oxygen atoms in total. The van der Waals surface area contributed by atoms with Gasteiger partial charge in [-0.25, -0.2) is 0 Å². The third-order valence-corrected chi connectivity index (χ3v) is 6.41. The van der Waals surface area contributed by atoms with Gasteiger partial charge in [-0.3, -0.25) is 4.98 Å². The summed E-state index contributed by atoms with van der Waals surface area (Å²) >= 11 is 0. The Hall–Kier alpha value is -2.87. The Morgan fingerprint density at radius 1 is 0.893 bits per heavy atom. The predicted molar refractivity (Wildman–Crippen MR) is 117 cm³/mol. The number of hydrogen-bond acceptors (Lipinski definition) is 2. The molecule has 0 fully saturated rings. The fourth-order valence-corrected chi connectivity index (χ4v) is 4.51. The van der Waals surface area contributed by atoms with Crippen molar-refractivity contribution >= 4 is 21.5 Å². The Morgan fingerprint density at radius 3 is 2.46 bits per heavy atom. The molecule has 0 saturated heterocycles. The molecule has 0 N–H and O–H groups in total. The molecule has 0 amide bonds. The highest BCUT2D eigenvalue weighted by molar-refractivity contribution is 6.06. The van der Waals surface area contributed by atoms with Crippen molar-refractivity contribution in [1.29, 1.82) is 0 Å². The van der Waals surface area contributed by atoms with Crippen molar-refractivity contribution in [3.05, 3.63) is 65.4 Å². The molecular formula is C26H25NO. The van der Waals surface area contributed by atoms with Crippen molar-refractivity contribution in [3.8, 4) is 22.8 Å². The van der Waals surface area contributed by atoms with Gasteiger partial charge in [0.2, 0.25) is 0 Å². The summed E-state index contributed by atoms with van der Waals surface area (Å²) in [5.74, 6) is 2.94. The molecule has 5 rings (SSSR count). The maximum Gasteiger partial charge on any atom is 0.140 e. The van der Waals surface area contributed by atoms with E-state index >= 15 is 0 Å². The highest BCUT2D eigenvalue weighted by atomic mass is 16.5. The van der Waals surface area contributed by atoms with E-state index in [2.05, 4.69) is 77.1 Å². The average Bonchev–Trinajstić information content (AvgIpc) is 2.68. The molecule has 0 radical (unpaired) electrons. The lowest BCUT2D eigenvalue weighted by Gasteiger charge is -2.25. The van der Waals surface area contributed by atoms with E-state index < -0.39 is 0 Å². The van der Waals surface area contributed by atoms with Gasteiger partial charge in [-0.15, -0.1) is 0 Å². The summed E-state index contributed by atoms with van der Waals surface area (Å²) in [5, 5.41) is 4.86. The van der Waals surface area contributed by atoms with E-state index in [1.54, 1.807) is 0 Å². The van der Waals surface area contributed by atoms with E-state index in [9.17, 15) is 0 Å². The molecule has 28 heavy (non-hydrogen) atoms. The van der Waals surface area contributed by atoms with Gasteiger partial charge >= 0.3 is 0 Å². The van der Waals surface area contributed by atoms with Crippen molar-refractivity contribution in [2.45, 2.75) is 40.5 Å². The minimum Gasteiger partial charge on any atom is -0.456 e. The second kappa shape index (κ2) is 6.07. The van der Waals surface area contributed by atoms with Crippen LogP contribution in [0.2, 0.25) is 0 Å². The van der Waals surface area contributed by atoms with E-state index in [1.165, 1.54) is 32.8 Å². The van der Waals surface area contributed by atoms with E-state index in [-0.39, 0.29) is 0 Å². The van der Waals surface area contributed by atoms with Crippen molar-refractivity contribution in [3.63, 3.8) is 0 Å². The first kappa shape index (κ1) is 17.2. The molecule has 2 heteroatoms. The van der Waals surface area contributed by atoms with Crippen LogP contribution in [0.5, 0.6) is 11.5 Å². The third kappa shape index (κ3) is 2.37. The zero-order chi connectivity index (χ0) is 19.6. The number of ether oxygens (including phenoxy) is 1. The van der Waals surface area contributed by atoms with Gasteiger partial charge < -0.3 is 4.74 Å². The molecule has 1 aliphatic rings. The number of hydrogen-bond donors (Lipinski definition) is 0. The minimum atomic E-state index is 0.474. The maximum absolute atomic E-state index is 6.57. The van der Waals surface area contributed by atoms with E-state index in [4.69, 9.17) is 9.72 Å². The van der Waals surface area contributed by atoms with Crippen LogP contribution >= 0.6 is 0 Å². The molecule has 1 aromatic heterocycles. The van der Waals surface area contributed by atoms with Crippen LogP contribution in [0.1, 0.15) is 43.4 Å². The summed E-state index contributed by atoms with van der Waals surface area (Å²) in [7, 11) is 0. The van der Waals surface area contributed by atoms with Crippen LogP contribution in [0.3, 0.4) is 0 Å². The Bertz CT molecular complexity index is 1250. The summed E-state index contributed by atoms with van der Waals surface area (Å²) in [6.45, 7) is 11.2. The first-order valence-corrected chi connectivity index (χ1v) is 10.1. The molecular weight excluding hydrogens is 342 g/mol. The van der Waals surface area contributed by atoms with Crippen LogP contribution < -0.4 is 4.74 Å². The van der Waals surface area contributed by atoms with Gasteiger partial charge in [-0.05, 0) is 71.2 Å². The van der Waals surface area contributed by atoms with Gasteiger partial charge in [0.1, 0.15) is 11.5 Å². The number of pyridine rings is 1. The van der Waals surface area contributed by atoms with Gasteiger partial charge in [0.05, 0.1) is 11.1 Å². The van der Waals surface area contributed by atoms with E-state index in [0.717, 1.165) is 28.1 Å². The quantitative estimate of drug-likeness (QED) is 0.321. The van der Waals surface area contributed by atoms with Gasteiger partial charge in [0.25, 0.3) is 0 Å². The molecule has 1 atom stereocenters. The first-order chi connectivity index (χ1) is 13.5. The molecule has 140 valence electrons. The molecule has 1 aliphatic heterocycles. The topological polar surface area (TPSA) is 22.1 Å². The maximum atomic E-state index is 6.57. The van der Waals surface area contributed by atoms with E-state index in [1.807, 2.05) is 6.20 Å². The fraction of sp³-hybridized carbons (Fsp3) is 0.269. The molecule has 0 aliphatic carbocycles. The molecule has 4 aromatic rings. The van der Waals surface area contributed by atoms with Crippen LogP contribution in [0.15, 0.2) is 48.7 Å². The second-order valence-corrected chi connectivity index (χ2v) is 8.46. The average molecular weight is 367 g/mol. The van der Waals surface area contributed by atoms with E-state index in [0.29, 0.717) is 11.8 Å². The fourth-order valence-electron chi connectivity index (χ4n) is 4.51. The lowest BCUT2D eigenvalue weighted by atomic mass is 9.87. The molecule has 0 bridgehead atoms. The summed E-state index contributed by atoms with van der Waals surface area (Å²) in [4.78, 5) is 4.78. The molecule has 3 aromatic carbocycles. The standard InChI is InChI=1S/C26H25NO/c1-14(2)16(4)20-11-19-9-10-27-25-21-12-18-8-6-7-15(3)23(18)17(5)26(21)28-22(13-20)24(19)25/h6-14,16H,1-5H3. The normalized spacial score (nSPS) is 13.6. The van der Waals surface area contributed by atoms with Crippen LogP contribution in [0, 0.1) is 19.8 Å². The molecule has 0 saturated carbocycles. The summed E-state index contributed by atoms with van der Waals surface area (Å²) in [6, 6.07) is 15.3. The first-order valence-electron chi connectivity index (χ1n) is 10.1. The molecule has 1 unspecified atom stereocenters. The minimum absolute atomic E-state index is 0.474. The van der Waals surface area contributed by atoms with Gasteiger partial charge in [-0.2, -0.15) is 0 Å². The van der Waals surface area contributed by atoms with Crippen molar-refractivity contribution in [1.82, 2.24) is 4.98 Å². The number of rotatable bonds is 2. The number of fused-ring (bicyclic) bond motifs is 3. The Labute approximate surface area is 166 Å². The number of aryl methyl sites for hydroxylation is 2. The highest BCUT2D eigenvalue weighted by Gasteiger charge is 2.26.